The van der Waals surface area contributed by atoms with Crippen LogP contribution in [0, 0.1) is 6.92 Å². The molecule has 0 unspecified atom stereocenters. The van der Waals surface area contributed by atoms with E-state index in [1.165, 1.54) is 9.75 Å². The van der Waals surface area contributed by atoms with Crippen molar-refractivity contribution in [1.29, 1.82) is 0 Å². The van der Waals surface area contributed by atoms with Gasteiger partial charge in [0.15, 0.2) is 5.65 Å². The third kappa shape index (κ3) is 2.18. The number of fused-ring (bicyclic) bond motifs is 3. The maximum atomic E-state index is 10.4. The fourth-order valence-corrected chi connectivity index (χ4v) is 4.64. The molecule has 25 heavy (non-hydrogen) atoms. The van der Waals surface area contributed by atoms with E-state index >= 15 is 0 Å². The molecule has 4 nitrogen and oxygen atoms in total. The number of thiophene rings is 2. The Labute approximate surface area is 151 Å². The first-order valence-electron chi connectivity index (χ1n) is 7.81. The molecule has 0 saturated carbocycles. The summed E-state index contributed by atoms with van der Waals surface area (Å²) in [7, 11) is 0. The summed E-state index contributed by atoms with van der Waals surface area (Å²) in [5.74, 6) is 0.170. The van der Waals surface area contributed by atoms with Crippen LogP contribution in [0.25, 0.3) is 37.6 Å². The van der Waals surface area contributed by atoms with E-state index in [1.54, 1.807) is 40.2 Å². The third-order valence-corrected chi connectivity index (χ3v) is 6.10. The summed E-state index contributed by atoms with van der Waals surface area (Å²) in [6.07, 6.45) is 1.71. The first-order chi connectivity index (χ1) is 12.2. The normalized spacial score (nSPS) is 11.6. The summed E-state index contributed by atoms with van der Waals surface area (Å²) in [6.45, 7) is 1.80. The molecule has 1 aromatic carbocycles. The highest BCUT2D eigenvalue weighted by Gasteiger charge is 2.16. The van der Waals surface area contributed by atoms with Crippen molar-refractivity contribution in [2.75, 3.05) is 0 Å². The molecule has 0 fully saturated rings. The van der Waals surface area contributed by atoms with Gasteiger partial charge in [0, 0.05) is 20.9 Å². The Morgan fingerprint density at radius 3 is 2.32 bits per heavy atom. The first-order valence-corrected chi connectivity index (χ1v) is 9.57. The molecule has 122 valence electrons. The Hall–Kier alpha value is -2.70. The Kier molecular flexibility index (Phi) is 3.16. The van der Waals surface area contributed by atoms with Gasteiger partial charge in [0.1, 0.15) is 5.69 Å². The van der Waals surface area contributed by atoms with Crippen LogP contribution in [0.2, 0.25) is 0 Å². The van der Waals surface area contributed by atoms with Crippen molar-refractivity contribution in [1.82, 2.24) is 14.4 Å². The molecule has 0 amide bonds. The van der Waals surface area contributed by atoms with Crippen LogP contribution in [0.5, 0.6) is 5.88 Å². The molecular weight excluding hydrogens is 350 g/mol. The second-order valence-electron chi connectivity index (χ2n) is 5.81. The van der Waals surface area contributed by atoms with Crippen LogP contribution in [-0.4, -0.2) is 19.5 Å². The van der Waals surface area contributed by atoms with Gasteiger partial charge in [0.25, 0.3) is 0 Å². The van der Waals surface area contributed by atoms with Crippen molar-refractivity contribution >= 4 is 39.4 Å². The predicted molar refractivity (Wildman–Crippen MR) is 104 cm³/mol. The predicted octanol–water partition coefficient (Wildman–Crippen LogP) is 5.35. The molecule has 0 aliphatic carbocycles. The number of imidazole rings is 1. The number of rotatable bonds is 2. The maximum absolute atomic E-state index is 10.4. The van der Waals surface area contributed by atoms with Gasteiger partial charge in [-0.1, -0.05) is 12.1 Å². The topological polar surface area (TPSA) is 50.4 Å². The van der Waals surface area contributed by atoms with Crippen molar-refractivity contribution in [2.24, 2.45) is 0 Å². The zero-order valence-corrected chi connectivity index (χ0v) is 14.9. The SMILES string of the molecule is Cc1nc2cnc3cc(-c4cccs4)c(-c4cccs4)cc3n2c1O. The van der Waals surface area contributed by atoms with Gasteiger partial charge in [-0.15, -0.1) is 22.7 Å². The molecule has 0 aliphatic heterocycles. The summed E-state index contributed by atoms with van der Waals surface area (Å²) >= 11 is 3.42. The third-order valence-electron chi connectivity index (χ3n) is 4.29. The van der Waals surface area contributed by atoms with Gasteiger partial charge < -0.3 is 5.11 Å². The van der Waals surface area contributed by atoms with Crippen LogP contribution >= 0.6 is 22.7 Å². The lowest BCUT2D eigenvalue weighted by Gasteiger charge is -2.10. The highest BCUT2D eigenvalue weighted by molar-refractivity contribution is 7.14. The molecule has 5 aromatic rings. The van der Waals surface area contributed by atoms with E-state index in [2.05, 4.69) is 57.1 Å². The molecule has 5 rings (SSSR count). The summed E-state index contributed by atoms with van der Waals surface area (Å²) in [5.41, 5.74) is 5.26. The van der Waals surface area contributed by atoms with E-state index in [0.717, 1.165) is 22.2 Å². The molecule has 4 aromatic heterocycles. The molecule has 0 bridgehead atoms. The Morgan fingerprint density at radius 2 is 1.68 bits per heavy atom. The summed E-state index contributed by atoms with van der Waals surface area (Å²) in [4.78, 5) is 11.4. The van der Waals surface area contributed by atoms with Crippen molar-refractivity contribution in [3.8, 4) is 26.8 Å². The van der Waals surface area contributed by atoms with E-state index in [4.69, 9.17) is 0 Å². The lowest BCUT2D eigenvalue weighted by atomic mass is 10.0. The number of aryl methyl sites for hydroxylation is 1. The number of nitrogens with zero attached hydrogens (tertiary/aromatic N) is 3. The van der Waals surface area contributed by atoms with Gasteiger partial charge in [-0.2, -0.15) is 0 Å². The monoisotopic (exact) mass is 363 g/mol. The van der Waals surface area contributed by atoms with E-state index in [-0.39, 0.29) is 5.88 Å². The van der Waals surface area contributed by atoms with Crippen LogP contribution in [0.3, 0.4) is 0 Å². The molecule has 1 N–H and O–H groups in total. The molecule has 0 radical (unpaired) electrons. The molecule has 0 aliphatic rings. The Bertz CT molecular complexity index is 1210. The minimum atomic E-state index is 0.170. The van der Waals surface area contributed by atoms with Crippen molar-refractivity contribution in [3.63, 3.8) is 0 Å². The number of aromatic nitrogens is 3. The second-order valence-corrected chi connectivity index (χ2v) is 7.71. The van der Waals surface area contributed by atoms with Crippen molar-refractivity contribution in [2.45, 2.75) is 6.92 Å². The van der Waals surface area contributed by atoms with Gasteiger partial charge in [0.2, 0.25) is 5.88 Å². The fraction of sp³-hybridized carbons (Fsp3) is 0.0526. The maximum Gasteiger partial charge on any atom is 0.219 e. The van der Waals surface area contributed by atoms with E-state index in [0.29, 0.717) is 11.3 Å². The lowest BCUT2D eigenvalue weighted by molar-refractivity contribution is 0.446. The van der Waals surface area contributed by atoms with Gasteiger partial charge in [-0.3, -0.25) is 9.38 Å². The van der Waals surface area contributed by atoms with Gasteiger partial charge in [0.05, 0.1) is 17.2 Å². The van der Waals surface area contributed by atoms with E-state index < -0.39 is 0 Å². The van der Waals surface area contributed by atoms with E-state index in [1.807, 2.05) is 0 Å². The summed E-state index contributed by atoms with van der Waals surface area (Å²) < 4.78 is 1.77. The standard InChI is InChI=1S/C19H13N3OS2/c1-11-19(23)22-15-9-13(17-5-3-7-25-17)12(16-4-2-6-24-16)8-14(15)20-10-18(22)21-11/h2-10,23H,1H3. The summed E-state index contributed by atoms with van der Waals surface area (Å²) in [6, 6.07) is 12.6. The van der Waals surface area contributed by atoms with Gasteiger partial charge >= 0.3 is 0 Å². The second kappa shape index (κ2) is 5.40. The van der Waals surface area contributed by atoms with Crippen LogP contribution in [0.1, 0.15) is 5.69 Å². The molecule has 4 heterocycles. The van der Waals surface area contributed by atoms with Crippen LogP contribution in [0.4, 0.5) is 0 Å². The van der Waals surface area contributed by atoms with Crippen LogP contribution < -0.4 is 0 Å². The van der Waals surface area contributed by atoms with Gasteiger partial charge in [-0.05, 0) is 41.9 Å². The zero-order valence-electron chi connectivity index (χ0n) is 13.3. The molecule has 0 atom stereocenters. The highest BCUT2D eigenvalue weighted by Crippen LogP contribution is 2.39. The number of hydrogen-bond acceptors (Lipinski definition) is 5. The first kappa shape index (κ1) is 14.6. The lowest BCUT2D eigenvalue weighted by Crippen LogP contribution is -1.93. The molecule has 6 heteroatoms. The Morgan fingerprint density at radius 1 is 1.00 bits per heavy atom. The molecule has 0 spiro atoms. The number of aromatic hydroxyl groups is 1. The minimum absolute atomic E-state index is 0.170. The smallest absolute Gasteiger partial charge is 0.219 e. The van der Waals surface area contributed by atoms with Crippen LogP contribution in [-0.2, 0) is 0 Å². The van der Waals surface area contributed by atoms with E-state index in [9.17, 15) is 5.11 Å². The Balaban J connectivity index is 1.93. The summed E-state index contributed by atoms with van der Waals surface area (Å²) in [5, 5.41) is 14.6. The quantitative estimate of drug-likeness (QED) is 0.460. The average molecular weight is 363 g/mol. The van der Waals surface area contributed by atoms with Crippen molar-refractivity contribution < 1.29 is 5.11 Å². The largest absolute Gasteiger partial charge is 0.493 e. The highest BCUT2D eigenvalue weighted by atomic mass is 32.1. The van der Waals surface area contributed by atoms with Gasteiger partial charge in [-0.25, -0.2) is 4.98 Å². The minimum Gasteiger partial charge on any atom is -0.493 e. The molecule has 0 saturated heterocycles. The average Bonchev–Trinajstić information content (AvgIpc) is 3.36. The number of benzene rings is 1. The van der Waals surface area contributed by atoms with Crippen LogP contribution in [0.15, 0.2) is 53.4 Å². The fourth-order valence-electron chi connectivity index (χ4n) is 3.12. The molecular formula is C19H13N3OS2. The number of hydrogen-bond donors (Lipinski definition) is 1. The van der Waals surface area contributed by atoms with Crippen molar-refractivity contribution in [3.05, 3.63) is 59.0 Å². The zero-order chi connectivity index (χ0) is 17.0.